The molecule has 0 spiro atoms. The predicted octanol–water partition coefficient (Wildman–Crippen LogP) is 3.25. The molecule has 0 unspecified atom stereocenters. The van der Waals surface area contributed by atoms with Gasteiger partial charge in [-0.1, -0.05) is 12.1 Å². The molecule has 3 rings (SSSR count). The standard InChI is InChI=1S/C20H23N3O3S2/c1-15-11-19(16(2)23(15)13-18-8-6-10-27-18)20(24)14-22(28(3,25)26)12-17-7-4-5-9-21-17/h4-11H,12-14H2,1-3H3. The minimum atomic E-state index is -3.56. The molecular formula is C20H23N3O3S2. The van der Waals surface area contributed by atoms with Crippen molar-refractivity contribution in [2.75, 3.05) is 12.8 Å². The molecule has 28 heavy (non-hydrogen) atoms. The quantitative estimate of drug-likeness (QED) is 0.528. The molecule has 0 fully saturated rings. The zero-order valence-electron chi connectivity index (χ0n) is 16.1. The van der Waals surface area contributed by atoms with E-state index in [1.54, 1.807) is 35.7 Å². The summed E-state index contributed by atoms with van der Waals surface area (Å²) in [4.78, 5) is 18.3. The van der Waals surface area contributed by atoms with E-state index in [9.17, 15) is 13.2 Å². The highest BCUT2D eigenvalue weighted by atomic mass is 32.2. The summed E-state index contributed by atoms with van der Waals surface area (Å²) < 4.78 is 27.7. The second kappa shape index (κ2) is 8.38. The first-order valence-electron chi connectivity index (χ1n) is 8.83. The zero-order chi connectivity index (χ0) is 20.3. The largest absolute Gasteiger partial charge is 0.343 e. The van der Waals surface area contributed by atoms with E-state index in [1.165, 1.54) is 9.18 Å². The Morgan fingerprint density at radius 2 is 2.00 bits per heavy atom. The Kier molecular flexibility index (Phi) is 6.12. The summed E-state index contributed by atoms with van der Waals surface area (Å²) in [7, 11) is -3.56. The molecule has 6 nitrogen and oxygen atoms in total. The van der Waals surface area contributed by atoms with Crippen LogP contribution in [0.3, 0.4) is 0 Å². The van der Waals surface area contributed by atoms with Crippen LogP contribution >= 0.6 is 11.3 Å². The van der Waals surface area contributed by atoms with Gasteiger partial charge in [-0.05, 0) is 43.5 Å². The fraction of sp³-hybridized carbons (Fsp3) is 0.300. The number of nitrogens with zero attached hydrogens (tertiary/aromatic N) is 3. The SMILES string of the molecule is Cc1cc(C(=O)CN(Cc2ccccn2)S(C)(=O)=O)c(C)n1Cc1cccs1. The maximum absolute atomic E-state index is 12.9. The first-order chi connectivity index (χ1) is 13.3. The molecule has 8 heteroatoms. The number of rotatable bonds is 8. The summed E-state index contributed by atoms with van der Waals surface area (Å²) >= 11 is 1.67. The molecule has 0 aromatic carbocycles. The number of hydrogen-bond acceptors (Lipinski definition) is 5. The first-order valence-corrected chi connectivity index (χ1v) is 11.6. The minimum absolute atomic E-state index is 0.0688. The molecule has 0 bridgehead atoms. The third-order valence-corrected chi connectivity index (χ3v) is 6.68. The Hall–Kier alpha value is -2.29. The molecule has 0 aliphatic rings. The van der Waals surface area contributed by atoms with Crippen LogP contribution in [0.4, 0.5) is 0 Å². The minimum Gasteiger partial charge on any atom is -0.343 e. The number of sulfonamides is 1. The average molecular weight is 418 g/mol. The van der Waals surface area contributed by atoms with Gasteiger partial charge in [-0.15, -0.1) is 11.3 Å². The van der Waals surface area contributed by atoms with Crippen molar-refractivity contribution in [2.24, 2.45) is 0 Å². The van der Waals surface area contributed by atoms with E-state index in [0.29, 0.717) is 17.8 Å². The van der Waals surface area contributed by atoms with Gasteiger partial charge in [-0.25, -0.2) is 8.42 Å². The van der Waals surface area contributed by atoms with Crippen LogP contribution in [0.15, 0.2) is 48.0 Å². The number of aryl methyl sites for hydroxylation is 1. The van der Waals surface area contributed by atoms with E-state index in [2.05, 4.69) is 15.6 Å². The van der Waals surface area contributed by atoms with Crippen molar-refractivity contribution in [3.8, 4) is 0 Å². The van der Waals surface area contributed by atoms with Gasteiger partial charge < -0.3 is 4.57 Å². The number of thiophene rings is 1. The number of hydrogen-bond donors (Lipinski definition) is 0. The second-order valence-corrected chi connectivity index (χ2v) is 9.74. The lowest BCUT2D eigenvalue weighted by atomic mass is 10.1. The van der Waals surface area contributed by atoms with E-state index >= 15 is 0 Å². The zero-order valence-corrected chi connectivity index (χ0v) is 17.8. The van der Waals surface area contributed by atoms with Gasteiger partial charge in [0.1, 0.15) is 0 Å². The summed E-state index contributed by atoms with van der Waals surface area (Å²) in [6, 6.07) is 11.2. The normalized spacial score (nSPS) is 11.9. The fourth-order valence-electron chi connectivity index (χ4n) is 3.09. The Labute approximate surface area is 169 Å². The van der Waals surface area contributed by atoms with E-state index in [1.807, 2.05) is 31.4 Å². The number of Topliss-reactive ketones (excluding diaryl/α,β-unsaturated/α-hetero) is 1. The molecule has 0 N–H and O–H groups in total. The highest BCUT2D eigenvalue weighted by Gasteiger charge is 2.24. The molecule has 0 aliphatic carbocycles. The smallest absolute Gasteiger partial charge is 0.211 e. The van der Waals surface area contributed by atoms with Crippen molar-refractivity contribution in [3.63, 3.8) is 0 Å². The number of carbonyl (C=O) groups is 1. The number of ketones is 1. The van der Waals surface area contributed by atoms with Gasteiger partial charge in [0, 0.05) is 28.0 Å². The van der Waals surface area contributed by atoms with Crippen LogP contribution in [0.5, 0.6) is 0 Å². The number of pyridine rings is 1. The Morgan fingerprint density at radius 3 is 2.61 bits per heavy atom. The van der Waals surface area contributed by atoms with Crippen LogP contribution in [-0.4, -0.2) is 40.9 Å². The van der Waals surface area contributed by atoms with Gasteiger partial charge >= 0.3 is 0 Å². The molecule has 3 aromatic heterocycles. The van der Waals surface area contributed by atoms with Crippen LogP contribution in [0.2, 0.25) is 0 Å². The lowest BCUT2D eigenvalue weighted by molar-refractivity contribution is 0.0964. The Balaban J connectivity index is 1.82. The Morgan fingerprint density at radius 1 is 1.21 bits per heavy atom. The third kappa shape index (κ3) is 4.76. The summed E-state index contributed by atoms with van der Waals surface area (Å²) in [6.45, 7) is 4.42. The topological polar surface area (TPSA) is 72.3 Å². The maximum atomic E-state index is 12.9. The molecule has 3 aromatic rings. The van der Waals surface area contributed by atoms with Gasteiger partial charge in [0.2, 0.25) is 10.0 Å². The van der Waals surface area contributed by atoms with Gasteiger partial charge in [0.25, 0.3) is 0 Å². The average Bonchev–Trinajstić information content (AvgIpc) is 3.25. The fourth-order valence-corrected chi connectivity index (χ4v) is 4.50. The molecule has 0 radical (unpaired) electrons. The van der Waals surface area contributed by atoms with Crippen molar-refractivity contribution in [2.45, 2.75) is 26.9 Å². The van der Waals surface area contributed by atoms with Gasteiger partial charge in [0.05, 0.1) is 31.6 Å². The van der Waals surface area contributed by atoms with Crippen LogP contribution < -0.4 is 0 Å². The summed E-state index contributed by atoms with van der Waals surface area (Å²) in [5.41, 5.74) is 2.99. The van der Waals surface area contributed by atoms with Gasteiger partial charge in [0.15, 0.2) is 5.78 Å². The van der Waals surface area contributed by atoms with Crippen LogP contribution in [0.25, 0.3) is 0 Å². The van der Waals surface area contributed by atoms with E-state index < -0.39 is 10.0 Å². The van der Waals surface area contributed by atoms with Gasteiger partial charge in [-0.2, -0.15) is 4.31 Å². The summed E-state index contributed by atoms with van der Waals surface area (Å²) in [5.74, 6) is -0.216. The number of carbonyl (C=O) groups excluding carboxylic acids is 1. The predicted molar refractivity (Wildman–Crippen MR) is 111 cm³/mol. The second-order valence-electron chi connectivity index (χ2n) is 6.73. The third-order valence-electron chi connectivity index (χ3n) is 4.62. The van der Waals surface area contributed by atoms with Crippen molar-refractivity contribution in [1.82, 2.24) is 13.9 Å². The molecule has 0 saturated carbocycles. The van der Waals surface area contributed by atoms with Crippen LogP contribution in [0, 0.1) is 13.8 Å². The monoisotopic (exact) mass is 417 g/mol. The molecule has 3 heterocycles. The lowest BCUT2D eigenvalue weighted by Gasteiger charge is -2.19. The summed E-state index contributed by atoms with van der Waals surface area (Å²) in [5, 5.41) is 2.02. The molecule has 0 saturated heterocycles. The van der Waals surface area contributed by atoms with Crippen molar-refractivity contribution < 1.29 is 13.2 Å². The number of aromatic nitrogens is 2. The highest BCUT2D eigenvalue weighted by Crippen LogP contribution is 2.20. The Bertz CT molecular complexity index is 1060. The van der Waals surface area contributed by atoms with Crippen molar-refractivity contribution >= 4 is 27.1 Å². The molecule has 0 atom stereocenters. The van der Waals surface area contributed by atoms with Crippen LogP contribution in [0.1, 0.15) is 32.3 Å². The maximum Gasteiger partial charge on any atom is 0.211 e. The summed E-state index contributed by atoms with van der Waals surface area (Å²) in [6.07, 6.45) is 2.72. The lowest BCUT2D eigenvalue weighted by Crippen LogP contribution is -2.34. The van der Waals surface area contributed by atoms with Crippen LogP contribution in [-0.2, 0) is 23.1 Å². The van der Waals surface area contributed by atoms with E-state index in [4.69, 9.17) is 0 Å². The van der Waals surface area contributed by atoms with Gasteiger partial charge in [-0.3, -0.25) is 9.78 Å². The molecule has 0 amide bonds. The molecular weight excluding hydrogens is 394 g/mol. The molecule has 148 valence electrons. The highest BCUT2D eigenvalue weighted by molar-refractivity contribution is 7.88. The van der Waals surface area contributed by atoms with Crippen molar-refractivity contribution in [1.29, 1.82) is 0 Å². The van der Waals surface area contributed by atoms with E-state index in [-0.39, 0.29) is 18.9 Å². The molecule has 0 aliphatic heterocycles. The first kappa shape index (κ1) is 20.4. The van der Waals surface area contributed by atoms with E-state index in [0.717, 1.165) is 17.6 Å². The van der Waals surface area contributed by atoms with Crippen molar-refractivity contribution in [3.05, 3.63) is 75.5 Å².